The summed E-state index contributed by atoms with van der Waals surface area (Å²) in [4.78, 5) is 4.68. The number of hydrogen-bond donors (Lipinski definition) is 1. The van der Waals surface area contributed by atoms with E-state index >= 15 is 0 Å². The maximum atomic E-state index is 5.49. The highest BCUT2D eigenvalue weighted by Gasteiger charge is 2.11. The van der Waals surface area contributed by atoms with Gasteiger partial charge in [-0.1, -0.05) is 36.4 Å². The second-order valence-corrected chi connectivity index (χ2v) is 6.05. The predicted molar refractivity (Wildman–Crippen MR) is 112 cm³/mol. The molecule has 1 heterocycles. The van der Waals surface area contributed by atoms with Crippen molar-refractivity contribution < 1.29 is 9.47 Å². The highest BCUT2D eigenvalue weighted by Crippen LogP contribution is 2.30. The molecular weight excluding hydrogens is 352 g/mol. The second kappa shape index (κ2) is 7.84. The molecule has 0 amide bonds. The number of aromatic nitrogens is 2. The quantitative estimate of drug-likeness (QED) is 0.499. The van der Waals surface area contributed by atoms with E-state index in [9.17, 15) is 0 Å². The fraction of sp³-hybridized carbons (Fsp3) is 0.0909. The number of para-hydroxylation sites is 4. The van der Waals surface area contributed by atoms with Crippen LogP contribution in [0.1, 0.15) is 5.56 Å². The van der Waals surface area contributed by atoms with Gasteiger partial charge in [-0.15, -0.1) is 0 Å². The van der Waals surface area contributed by atoms with E-state index < -0.39 is 0 Å². The monoisotopic (exact) mass is 372 g/mol. The molecule has 1 aromatic heterocycles. The number of fused-ring (bicyclic) bond motifs is 1. The summed E-state index contributed by atoms with van der Waals surface area (Å²) in [5.41, 5.74) is 3.51. The van der Waals surface area contributed by atoms with Crippen LogP contribution in [0.3, 0.4) is 0 Å². The molecule has 3 aromatic carbocycles. The molecule has 0 atom stereocenters. The van der Waals surface area contributed by atoms with Crippen molar-refractivity contribution in [1.29, 1.82) is 0 Å². The molecule has 0 spiro atoms. The highest BCUT2D eigenvalue weighted by atomic mass is 16.5. The van der Waals surface area contributed by atoms with Crippen molar-refractivity contribution in [2.24, 2.45) is 5.10 Å². The van der Waals surface area contributed by atoms with Crippen LogP contribution in [0, 0.1) is 0 Å². The third-order valence-corrected chi connectivity index (χ3v) is 4.31. The molecular formula is C22H20N4O2. The third kappa shape index (κ3) is 3.40. The molecule has 0 unspecified atom stereocenters. The summed E-state index contributed by atoms with van der Waals surface area (Å²) in [5, 5.41) is 8.01. The Hall–Kier alpha value is -3.80. The lowest BCUT2D eigenvalue weighted by atomic mass is 10.2. The van der Waals surface area contributed by atoms with E-state index in [2.05, 4.69) is 15.4 Å². The van der Waals surface area contributed by atoms with Crippen LogP contribution in [-0.4, -0.2) is 30.1 Å². The SMILES string of the molecule is COc1cccc(C=Nn2c(Nc3ccccc3)nc3ccccc32)c1OC. The zero-order valence-electron chi connectivity index (χ0n) is 15.7. The van der Waals surface area contributed by atoms with Gasteiger partial charge in [-0.05, 0) is 36.4 Å². The summed E-state index contributed by atoms with van der Waals surface area (Å²) >= 11 is 0. The number of benzene rings is 3. The Morgan fingerprint density at radius 3 is 2.46 bits per heavy atom. The van der Waals surface area contributed by atoms with Crippen molar-refractivity contribution in [3.63, 3.8) is 0 Å². The van der Waals surface area contributed by atoms with Crippen LogP contribution in [0.5, 0.6) is 11.5 Å². The van der Waals surface area contributed by atoms with E-state index in [-0.39, 0.29) is 0 Å². The zero-order chi connectivity index (χ0) is 19.3. The lowest BCUT2D eigenvalue weighted by Gasteiger charge is -2.10. The molecule has 28 heavy (non-hydrogen) atoms. The molecule has 0 aliphatic carbocycles. The van der Waals surface area contributed by atoms with Crippen LogP contribution in [0.15, 0.2) is 77.9 Å². The van der Waals surface area contributed by atoms with E-state index in [1.165, 1.54) is 0 Å². The minimum absolute atomic E-state index is 0.630. The van der Waals surface area contributed by atoms with Gasteiger partial charge in [0.2, 0.25) is 5.95 Å². The molecule has 1 N–H and O–H groups in total. The van der Waals surface area contributed by atoms with Crippen LogP contribution in [0.25, 0.3) is 11.0 Å². The first-order valence-corrected chi connectivity index (χ1v) is 8.85. The Morgan fingerprint density at radius 2 is 1.68 bits per heavy atom. The van der Waals surface area contributed by atoms with Crippen LogP contribution >= 0.6 is 0 Å². The van der Waals surface area contributed by atoms with E-state index in [0.29, 0.717) is 17.4 Å². The van der Waals surface area contributed by atoms with Crippen molar-refractivity contribution in [3.05, 3.63) is 78.4 Å². The minimum atomic E-state index is 0.630. The summed E-state index contributed by atoms with van der Waals surface area (Å²) in [6, 6.07) is 23.4. The Labute approximate surface area is 163 Å². The van der Waals surface area contributed by atoms with Gasteiger partial charge < -0.3 is 14.8 Å². The van der Waals surface area contributed by atoms with Gasteiger partial charge in [-0.2, -0.15) is 9.78 Å². The second-order valence-electron chi connectivity index (χ2n) is 6.05. The number of anilines is 2. The van der Waals surface area contributed by atoms with Gasteiger partial charge in [-0.25, -0.2) is 4.98 Å². The molecule has 6 heteroatoms. The predicted octanol–water partition coefficient (Wildman–Crippen LogP) is 4.68. The highest BCUT2D eigenvalue weighted by molar-refractivity contribution is 5.86. The zero-order valence-corrected chi connectivity index (χ0v) is 15.7. The average Bonchev–Trinajstić information content (AvgIpc) is 3.09. The summed E-state index contributed by atoms with van der Waals surface area (Å²) in [7, 11) is 3.23. The first-order valence-electron chi connectivity index (χ1n) is 8.85. The Bertz CT molecular complexity index is 1120. The standard InChI is InChI=1S/C22H20N4O2/c1-27-20-14-8-9-16(21(20)28-2)15-23-26-19-13-7-6-12-18(19)25-22(26)24-17-10-4-3-5-11-17/h3-15H,1-2H3,(H,24,25). The summed E-state index contributed by atoms with van der Waals surface area (Å²) in [6.07, 6.45) is 1.74. The normalized spacial score (nSPS) is 11.1. The van der Waals surface area contributed by atoms with Crippen LogP contribution in [0.4, 0.5) is 11.6 Å². The molecule has 0 aliphatic heterocycles. The number of ether oxygens (including phenoxy) is 2. The maximum Gasteiger partial charge on any atom is 0.229 e. The number of hydrogen-bond acceptors (Lipinski definition) is 5. The molecule has 0 saturated heterocycles. The molecule has 0 bridgehead atoms. The largest absolute Gasteiger partial charge is 0.493 e. The van der Waals surface area contributed by atoms with E-state index in [1.807, 2.05) is 72.8 Å². The molecule has 4 aromatic rings. The number of rotatable bonds is 6. The van der Waals surface area contributed by atoms with Gasteiger partial charge in [0.25, 0.3) is 0 Å². The van der Waals surface area contributed by atoms with Crippen molar-refractivity contribution >= 4 is 28.9 Å². The number of nitrogens with zero attached hydrogens (tertiary/aromatic N) is 3. The van der Waals surface area contributed by atoms with Gasteiger partial charge in [-0.3, -0.25) is 0 Å². The van der Waals surface area contributed by atoms with Crippen molar-refractivity contribution in [3.8, 4) is 11.5 Å². The van der Waals surface area contributed by atoms with Crippen LogP contribution in [-0.2, 0) is 0 Å². The Balaban J connectivity index is 1.78. The Kier molecular flexibility index (Phi) is 4.93. The number of methoxy groups -OCH3 is 2. The van der Waals surface area contributed by atoms with E-state index in [0.717, 1.165) is 22.3 Å². The van der Waals surface area contributed by atoms with Crippen LogP contribution in [0.2, 0.25) is 0 Å². The molecule has 0 fully saturated rings. The number of imidazole rings is 1. The van der Waals surface area contributed by atoms with Crippen molar-refractivity contribution in [2.75, 3.05) is 19.5 Å². The van der Waals surface area contributed by atoms with Gasteiger partial charge in [0.05, 0.1) is 31.5 Å². The van der Waals surface area contributed by atoms with Crippen LogP contribution < -0.4 is 14.8 Å². The topological polar surface area (TPSA) is 60.7 Å². The van der Waals surface area contributed by atoms with Crippen molar-refractivity contribution in [1.82, 2.24) is 9.66 Å². The number of nitrogens with one attached hydrogen (secondary N) is 1. The van der Waals surface area contributed by atoms with E-state index in [4.69, 9.17) is 9.47 Å². The molecule has 0 saturated carbocycles. The lowest BCUT2D eigenvalue weighted by molar-refractivity contribution is 0.354. The van der Waals surface area contributed by atoms with Gasteiger partial charge in [0.15, 0.2) is 11.5 Å². The smallest absolute Gasteiger partial charge is 0.229 e. The first-order chi connectivity index (χ1) is 13.8. The fourth-order valence-electron chi connectivity index (χ4n) is 3.00. The molecule has 0 aliphatic rings. The average molecular weight is 372 g/mol. The Morgan fingerprint density at radius 1 is 0.893 bits per heavy atom. The summed E-state index contributed by atoms with van der Waals surface area (Å²) in [5.74, 6) is 1.92. The maximum absolute atomic E-state index is 5.49. The van der Waals surface area contributed by atoms with Gasteiger partial charge in [0, 0.05) is 11.3 Å². The lowest BCUT2D eigenvalue weighted by Crippen LogP contribution is -2.01. The van der Waals surface area contributed by atoms with E-state index in [1.54, 1.807) is 25.1 Å². The molecule has 4 rings (SSSR count). The molecule has 0 radical (unpaired) electrons. The minimum Gasteiger partial charge on any atom is -0.493 e. The van der Waals surface area contributed by atoms with Gasteiger partial charge >= 0.3 is 0 Å². The third-order valence-electron chi connectivity index (χ3n) is 4.31. The van der Waals surface area contributed by atoms with Gasteiger partial charge in [0.1, 0.15) is 0 Å². The summed E-state index contributed by atoms with van der Waals surface area (Å²) in [6.45, 7) is 0. The first kappa shape index (κ1) is 17.6. The summed E-state index contributed by atoms with van der Waals surface area (Å²) < 4.78 is 12.6. The fourth-order valence-corrected chi connectivity index (χ4v) is 3.00. The molecule has 140 valence electrons. The molecule has 6 nitrogen and oxygen atoms in total. The van der Waals surface area contributed by atoms with Crippen molar-refractivity contribution in [2.45, 2.75) is 0 Å².